The van der Waals surface area contributed by atoms with Crippen LogP contribution in [0.4, 0.5) is 5.69 Å². The zero-order chi connectivity index (χ0) is 17.9. The fraction of sp³-hybridized carbons (Fsp3) is 0.529. The summed E-state index contributed by atoms with van der Waals surface area (Å²) in [6, 6.07) is 6.95. The van der Waals surface area contributed by atoms with Gasteiger partial charge in [0.25, 0.3) is 5.89 Å². The van der Waals surface area contributed by atoms with Gasteiger partial charge in [-0.1, -0.05) is 5.16 Å². The molecule has 0 bridgehead atoms. The van der Waals surface area contributed by atoms with E-state index in [0.717, 1.165) is 43.7 Å². The van der Waals surface area contributed by atoms with E-state index in [2.05, 4.69) is 26.8 Å². The Kier molecular flexibility index (Phi) is 5.39. The number of nitrogens with zero attached hydrogens (tertiary/aromatic N) is 3. The van der Waals surface area contributed by atoms with Crippen molar-refractivity contribution in [1.29, 1.82) is 0 Å². The molecule has 3 rings (SSSR count). The van der Waals surface area contributed by atoms with Crippen LogP contribution in [0.15, 0.2) is 28.8 Å². The summed E-state index contributed by atoms with van der Waals surface area (Å²) in [6.45, 7) is 3.83. The zero-order valence-electron chi connectivity index (χ0n) is 14.6. The van der Waals surface area contributed by atoms with E-state index in [4.69, 9.17) is 4.52 Å². The van der Waals surface area contributed by atoms with E-state index >= 15 is 0 Å². The maximum atomic E-state index is 11.6. The third kappa shape index (κ3) is 4.79. The first-order valence-electron chi connectivity index (χ1n) is 8.57. The lowest BCUT2D eigenvalue weighted by Crippen LogP contribution is -2.31. The molecular weight excluding hydrogens is 340 g/mol. The van der Waals surface area contributed by atoms with Crippen molar-refractivity contribution in [3.05, 3.63) is 30.1 Å². The van der Waals surface area contributed by atoms with Gasteiger partial charge in [0.1, 0.15) is 0 Å². The molecule has 7 nitrogen and oxygen atoms in total. The van der Waals surface area contributed by atoms with Crippen LogP contribution in [0.25, 0.3) is 11.5 Å². The van der Waals surface area contributed by atoms with Crippen LogP contribution in [0.2, 0.25) is 0 Å². The lowest BCUT2D eigenvalue weighted by Gasteiger charge is -2.27. The van der Waals surface area contributed by atoms with Gasteiger partial charge >= 0.3 is 0 Å². The van der Waals surface area contributed by atoms with Crippen LogP contribution in [0.3, 0.4) is 0 Å². The van der Waals surface area contributed by atoms with Crippen molar-refractivity contribution >= 4 is 15.7 Å². The summed E-state index contributed by atoms with van der Waals surface area (Å²) in [5.41, 5.74) is 1.30. The standard InChI is InChI=1S/C17H24N4O3S/c1-3-25(22,23)20-15-6-4-14(5-7-15)17-18-16(19-24-17)12-13-8-10-21(2)11-9-13/h4-7,13,20H,3,8-12H2,1-2H3. The van der Waals surface area contributed by atoms with Crippen LogP contribution in [0.5, 0.6) is 0 Å². The highest BCUT2D eigenvalue weighted by Crippen LogP contribution is 2.23. The van der Waals surface area contributed by atoms with Gasteiger partial charge in [-0.2, -0.15) is 4.98 Å². The fourth-order valence-corrected chi connectivity index (χ4v) is 3.55. The van der Waals surface area contributed by atoms with Crippen molar-refractivity contribution in [2.24, 2.45) is 5.92 Å². The van der Waals surface area contributed by atoms with Crippen molar-refractivity contribution in [1.82, 2.24) is 15.0 Å². The largest absolute Gasteiger partial charge is 0.334 e. The highest BCUT2D eigenvalue weighted by atomic mass is 32.2. The molecule has 0 aliphatic carbocycles. The summed E-state index contributed by atoms with van der Waals surface area (Å²) in [5.74, 6) is 1.85. The lowest BCUT2D eigenvalue weighted by molar-refractivity contribution is 0.216. The quantitative estimate of drug-likeness (QED) is 0.847. The minimum absolute atomic E-state index is 0.0404. The van der Waals surface area contributed by atoms with Crippen LogP contribution >= 0.6 is 0 Å². The Labute approximate surface area is 148 Å². The minimum atomic E-state index is -3.27. The molecule has 2 heterocycles. The second kappa shape index (κ2) is 7.53. The van der Waals surface area contributed by atoms with Gasteiger partial charge in [-0.25, -0.2) is 8.42 Å². The summed E-state index contributed by atoms with van der Waals surface area (Å²) in [7, 11) is -1.13. The first kappa shape index (κ1) is 17.9. The Bertz CT molecular complexity index is 794. The first-order chi connectivity index (χ1) is 11.9. The molecule has 1 aromatic heterocycles. The van der Waals surface area contributed by atoms with Crippen LogP contribution in [-0.2, 0) is 16.4 Å². The number of anilines is 1. The van der Waals surface area contributed by atoms with Gasteiger partial charge in [-0.3, -0.25) is 4.72 Å². The number of rotatable bonds is 6. The molecule has 0 atom stereocenters. The van der Waals surface area contributed by atoms with Crippen molar-refractivity contribution in [2.45, 2.75) is 26.2 Å². The van der Waals surface area contributed by atoms with Crippen LogP contribution in [0, 0.1) is 5.92 Å². The third-order valence-corrected chi connectivity index (χ3v) is 5.87. The highest BCUT2D eigenvalue weighted by molar-refractivity contribution is 7.92. The van der Waals surface area contributed by atoms with Gasteiger partial charge < -0.3 is 9.42 Å². The Morgan fingerprint density at radius 3 is 2.56 bits per heavy atom. The van der Waals surface area contributed by atoms with Gasteiger partial charge in [0, 0.05) is 17.7 Å². The average molecular weight is 364 g/mol. The second-order valence-corrected chi connectivity index (χ2v) is 8.56. The predicted molar refractivity (Wildman–Crippen MR) is 96.7 cm³/mol. The number of sulfonamides is 1. The second-order valence-electron chi connectivity index (χ2n) is 6.55. The molecule has 8 heteroatoms. The Morgan fingerprint density at radius 2 is 1.92 bits per heavy atom. The molecule has 0 radical (unpaired) electrons. The number of hydrogen-bond donors (Lipinski definition) is 1. The van der Waals surface area contributed by atoms with Gasteiger partial charge in [0.05, 0.1) is 5.75 Å². The van der Waals surface area contributed by atoms with Crippen LogP contribution < -0.4 is 4.72 Å². The highest BCUT2D eigenvalue weighted by Gasteiger charge is 2.20. The van der Waals surface area contributed by atoms with Gasteiger partial charge in [0.2, 0.25) is 10.0 Å². The summed E-state index contributed by atoms with van der Waals surface area (Å²) in [5, 5.41) is 4.09. The van der Waals surface area contributed by atoms with Crippen molar-refractivity contribution < 1.29 is 12.9 Å². The molecule has 2 aromatic rings. The zero-order valence-corrected chi connectivity index (χ0v) is 15.4. The van der Waals surface area contributed by atoms with Crippen molar-refractivity contribution in [3.63, 3.8) is 0 Å². The van der Waals surface area contributed by atoms with Gasteiger partial charge in [0.15, 0.2) is 5.82 Å². The molecule has 1 fully saturated rings. The summed E-state index contributed by atoms with van der Waals surface area (Å²) in [4.78, 5) is 6.82. The van der Waals surface area contributed by atoms with E-state index in [1.54, 1.807) is 31.2 Å². The fourth-order valence-electron chi connectivity index (χ4n) is 2.91. The number of nitrogens with one attached hydrogen (secondary N) is 1. The molecule has 1 aliphatic rings. The number of hydrogen-bond acceptors (Lipinski definition) is 6. The molecule has 1 saturated heterocycles. The van der Waals surface area contributed by atoms with E-state index in [0.29, 0.717) is 17.5 Å². The Balaban J connectivity index is 1.64. The van der Waals surface area contributed by atoms with E-state index < -0.39 is 10.0 Å². The molecule has 0 saturated carbocycles. The predicted octanol–water partition coefficient (Wildman–Crippen LogP) is 2.38. The monoisotopic (exact) mass is 364 g/mol. The number of likely N-dealkylation sites (tertiary alicyclic amines) is 1. The molecule has 1 aliphatic heterocycles. The normalized spacial score (nSPS) is 16.9. The third-order valence-electron chi connectivity index (χ3n) is 4.56. The number of benzene rings is 1. The van der Waals surface area contributed by atoms with Crippen LogP contribution in [-0.4, -0.2) is 49.3 Å². The maximum absolute atomic E-state index is 11.6. The Hall–Kier alpha value is -1.93. The van der Waals surface area contributed by atoms with Crippen molar-refractivity contribution in [3.8, 4) is 11.5 Å². The SMILES string of the molecule is CCS(=O)(=O)Nc1ccc(-c2nc(CC3CCN(C)CC3)no2)cc1. The molecule has 0 spiro atoms. The first-order valence-corrected chi connectivity index (χ1v) is 10.2. The lowest BCUT2D eigenvalue weighted by atomic mass is 9.94. The topological polar surface area (TPSA) is 88.3 Å². The maximum Gasteiger partial charge on any atom is 0.257 e. The smallest absolute Gasteiger partial charge is 0.257 e. The Morgan fingerprint density at radius 1 is 1.24 bits per heavy atom. The molecule has 136 valence electrons. The van der Waals surface area contributed by atoms with Crippen molar-refractivity contribution in [2.75, 3.05) is 30.6 Å². The molecule has 0 amide bonds. The average Bonchev–Trinajstić information content (AvgIpc) is 3.06. The van der Waals surface area contributed by atoms with Gasteiger partial charge in [-0.05, 0) is 70.1 Å². The number of piperidine rings is 1. The van der Waals surface area contributed by atoms with E-state index in [1.165, 1.54) is 0 Å². The summed E-state index contributed by atoms with van der Waals surface area (Å²) >= 11 is 0. The summed E-state index contributed by atoms with van der Waals surface area (Å²) < 4.78 is 31.0. The van der Waals surface area contributed by atoms with Gasteiger partial charge in [-0.15, -0.1) is 0 Å². The minimum Gasteiger partial charge on any atom is -0.334 e. The van der Waals surface area contributed by atoms with Crippen LogP contribution in [0.1, 0.15) is 25.6 Å². The van der Waals surface area contributed by atoms with E-state index in [1.807, 2.05) is 0 Å². The molecule has 1 N–H and O–H groups in total. The molecular formula is C17H24N4O3S. The summed E-state index contributed by atoms with van der Waals surface area (Å²) in [6.07, 6.45) is 3.16. The number of aromatic nitrogens is 2. The molecule has 1 aromatic carbocycles. The molecule has 0 unspecified atom stereocenters. The van der Waals surface area contributed by atoms with E-state index in [9.17, 15) is 8.42 Å². The molecule has 25 heavy (non-hydrogen) atoms. The van der Waals surface area contributed by atoms with E-state index in [-0.39, 0.29) is 5.75 Å².